The normalized spacial score (nSPS) is 19.4. The van der Waals surface area contributed by atoms with Gasteiger partial charge in [0.2, 0.25) is 0 Å². The van der Waals surface area contributed by atoms with E-state index in [0.717, 1.165) is 38.5 Å². The molecule has 0 aliphatic carbocycles. The van der Waals surface area contributed by atoms with Crippen molar-refractivity contribution >= 4 is 28.1 Å². The fraction of sp³-hybridized carbons (Fsp3) is 0.513. The molecule has 2 aliphatic heterocycles. The molecule has 2 saturated heterocycles. The van der Waals surface area contributed by atoms with E-state index in [1.54, 1.807) is 12.1 Å². The van der Waals surface area contributed by atoms with Crippen LogP contribution < -0.4 is 20.7 Å². The van der Waals surface area contributed by atoms with Gasteiger partial charge in [-0.05, 0) is 75.6 Å². The molecular weight excluding hydrogens is 644 g/mol. The van der Waals surface area contributed by atoms with Gasteiger partial charge in [0.05, 0.1) is 13.2 Å². The molecule has 6 rings (SSSR count). The molecule has 2 aromatic heterocycles. The van der Waals surface area contributed by atoms with Crippen LogP contribution in [0, 0.1) is 25.7 Å². The van der Waals surface area contributed by atoms with E-state index in [0.29, 0.717) is 68.9 Å². The van der Waals surface area contributed by atoms with Gasteiger partial charge in [-0.15, -0.1) is 0 Å². The second-order valence-electron chi connectivity index (χ2n) is 13.8. The lowest BCUT2D eigenvalue weighted by molar-refractivity contribution is -0.106. The molecule has 2 aliphatic rings. The number of aryl methyl sites for hydroxylation is 2. The van der Waals surface area contributed by atoms with E-state index >= 15 is 0 Å². The summed E-state index contributed by atoms with van der Waals surface area (Å²) in [6.07, 6.45) is 2.19. The van der Waals surface area contributed by atoms with Crippen LogP contribution in [-0.4, -0.2) is 31.9 Å². The number of carbonyl (C=O) groups is 1. The summed E-state index contributed by atoms with van der Waals surface area (Å²) < 4.78 is 47.0. The lowest BCUT2D eigenvalue weighted by Crippen LogP contribution is -2.25. The topological polar surface area (TPSA) is 133 Å². The first-order valence-corrected chi connectivity index (χ1v) is 17.6. The third-order valence-corrected chi connectivity index (χ3v) is 9.35. The molecule has 0 amide bonds. The third kappa shape index (κ3) is 7.68. The summed E-state index contributed by atoms with van der Waals surface area (Å²) in [6, 6.07) is 9.93. The monoisotopic (exact) mass is 690 g/mol. The average molecular weight is 691 g/mol. The first-order valence-electron chi connectivity index (χ1n) is 17.6. The van der Waals surface area contributed by atoms with Crippen LogP contribution >= 0.6 is 0 Å². The predicted molar refractivity (Wildman–Crippen MR) is 186 cm³/mol. The van der Waals surface area contributed by atoms with Crippen LogP contribution in [0.4, 0.5) is 4.79 Å². The first-order chi connectivity index (χ1) is 24.0. The van der Waals surface area contributed by atoms with Gasteiger partial charge in [-0.2, -0.15) is 0 Å². The molecule has 4 unspecified atom stereocenters. The summed E-state index contributed by atoms with van der Waals surface area (Å²) in [5, 5.41) is 1.23. The van der Waals surface area contributed by atoms with E-state index in [9.17, 15) is 14.4 Å². The molecule has 0 radical (unpaired) electrons. The van der Waals surface area contributed by atoms with Crippen molar-refractivity contribution in [1.82, 2.24) is 0 Å². The Bertz CT molecular complexity index is 1800. The number of hydrogen-bond acceptors (Lipinski definition) is 11. The molecule has 11 nitrogen and oxygen atoms in total. The van der Waals surface area contributed by atoms with E-state index in [-0.39, 0.29) is 24.4 Å². The molecule has 4 heterocycles. The van der Waals surface area contributed by atoms with Crippen molar-refractivity contribution in [3.8, 4) is 11.5 Å². The van der Waals surface area contributed by atoms with E-state index in [2.05, 4.69) is 0 Å². The molecular formula is C39H46O11. The van der Waals surface area contributed by atoms with Gasteiger partial charge in [0.25, 0.3) is 0 Å². The van der Waals surface area contributed by atoms with Crippen LogP contribution in [0.25, 0.3) is 21.9 Å². The molecule has 50 heavy (non-hydrogen) atoms. The zero-order chi connectivity index (χ0) is 35.5. The summed E-state index contributed by atoms with van der Waals surface area (Å²) in [6.45, 7) is 12.5. The van der Waals surface area contributed by atoms with Crippen molar-refractivity contribution in [3.05, 3.63) is 79.5 Å². The minimum absolute atomic E-state index is 0.240. The second-order valence-corrected chi connectivity index (χ2v) is 13.8. The zero-order valence-corrected chi connectivity index (χ0v) is 29.6. The van der Waals surface area contributed by atoms with E-state index in [1.165, 1.54) is 12.1 Å². The Morgan fingerprint density at radius 3 is 1.44 bits per heavy atom. The summed E-state index contributed by atoms with van der Waals surface area (Å²) in [5.74, 6) is 0.634. The molecule has 11 heteroatoms. The van der Waals surface area contributed by atoms with Crippen molar-refractivity contribution in [2.45, 2.75) is 105 Å². The van der Waals surface area contributed by atoms with Crippen LogP contribution in [0.2, 0.25) is 0 Å². The van der Waals surface area contributed by atoms with Gasteiger partial charge < -0.3 is 37.3 Å². The highest BCUT2D eigenvalue weighted by molar-refractivity contribution is 5.86. The Labute approximate surface area is 290 Å². The number of carbonyl (C=O) groups excluding carboxylic acids is 1. The lowest BCUT2D eigenvalue weighted by Gasteiger charge is -2.27. The van der Waals surface area contributed by atoms with E-state index in [1.807, 2.05) is 53.7 Å². The highest BCUT2D eigenvalue weighted by atomic mass is 16.7. The molecule has 0 N–H and O–H groups in total. The van der Waals surface area contributed by atoms with Crippen molar-refractivity contribution in [3.63, 3.8) is 0 Å². The molecule has 0 bridgehead atoms. The zero-order valence-electron chi connectivity index (χ0n) is 29.6. The average Bonchev–Trinajstić information content (AvgIpc) is 3.09. The lowest BCUT2D eigenvalue weighted by atomic mass is 9.95. The Hall–Kier alpha value is -4.35. The summed E-state index contributed by atoms with van der Waals surface area (Å²) in [4.78, 5) is 39.4. The number of benzene rings is 2. The molecule has 2 fully saturated rings. The Balaban J connectivity index is 1.27. The largest absolute Gasteiger partial charge is 0.509 e. The van der Waals surface area contributed by atoms with Crippen LogP contribution in [-0.2, 0) is 18.9 Å². The number of ether oxygens (including phenoxy) is 6. The number of rotatable bonds is 10. The molecule has 268 valence electrons. The molecule has 0 spiro atoms. The minimum Gasteiger partial charge on any atom is -0.465 e. The third-order valence-electron chi connectivity index (χ3n) is 9.35. The second kappa shape index (κ2) is 15.3. The van der Waals surface area contributed by atoms with Gasteiger partial charge in [0.15, 0.2) is 12.6 Å². The van der Waals surface area contributed by atoms with Crippen LogP contribution in [0.3, 0.4) is 0 Å². The van der Waals surface area contributed by atoms with Crippen molar-refractivity contribution < 1.29 is 42.1 Å². The Kier molecular flexibility index (Phi) is 10.8. The summed E-state index contributed by atoms with van der Waals surface area (Å²) in [5.41, 5.74) is 1.80. The van der Waals surface area contributed by atoms with Crippen molar-refractivity contribution in [2.24, 2.45) is 11.8 Å². The van der Waals surface area contributed by atoms with Crippen LogP contribution in [0.15, 0.2) is 54.8 Å². The smallest absolute Gasteiger partial charge is 0.465 e. The van der Waals surface area contributed by atoms with E-state index < -0.39 is 29.6 Å². The predicted octanol–water partition coefficient (Wildman–Crippen LogP) is 8.57. The molecule has 0 saturated carbocycles. The van der Waals surface area contributed by atoms with Gasteiger partial charge >= 0.3 is 17.4 Å². The quantitative estimate of drug-likeness (QED) is 0.117. The van der Waals surface area contributed by atoms with Gasteiger partial charge in [0.1, 0.15) is 34.9 Å². The van der Waals surface area contributed by atoms with Gasteiger partial charge in [-0.25, -0.2) is 14.4 Å². The molecule has 4 aromatic rings. The maximum Gasteiger partial charge on any atom is 0.509 e. The summed E-state index contributed by atoms with van der Waals surface area (Å²) >= 11 is 0. The number of hydrogen-bond donors (Lipinski definition) is 0. The summed E-state index contributed by atoms with van der Waals surface area (Å²) in [7, 11) is 0. The van der Waals surface area contributed by atoms with E-state index in [4.69, 9.17) is 37.3 Å². The maximum absolute atomic E-state index is 13.6. The SMILES string of the molecule is Cc1c(OC2CCCCO2)ccc2c(C(OC(=O)OC(c3cc(=O)oc4c(C)c(OC5CCCCO5)ccc34)C(C)C)C(C)C)cc(=O)oc12. The van der Waals surface area contributed by atoms with Crippen LogP contribution in [0.1, 0.15) is 101 Å². The van der Waals surface area contributed by atoms with Crippen molar-refractivity contribution in [2.75, 3.05) is 13.2 Å². The first kappa shape index (κ1) is 35.5. The fourth-order valence-electron chi connectivity index (χ4n) is 6.70. The molecule has 4 atom stereocenters. The minimum atomic E-state index is -0.942. The van der Waals surface area contributed by atoms with Gasteiger partial charge in [0, 0.05) is 58.0 Å². The number of fused-ring (bicyclic) bond motifs is 2. The maximum atomic E-state index is 13.6. The fourth-order valence-corrected chi connectivity index (χ4v) is 6.70. The van der Waals surface area contributed by atoms with Gasteiger partial charge in [-0.3, -0.25) is 0 Å². The van der Waals surface area contributed by atoms with Crippen LogP contribution in [0.5, 0.6) is 11.5 Å². The van der Waals surface area contributed by atoms with Gasteiger partial charge in [-0.1, -0.05) is 27.7 Å². The highest BCUT2D eigenvalue weighted by Crippen LogP contribution is 2.39. The molecule has 2 aromatic carbocycles. The Morgan fingerprint density at radius 1 is 0.660 bits per heavy atom. The standard InChI is InChI=1S/C39H46O11/c1-21(2)35(27-19-31(40)47-37-23(5)29(15-13-25(27)37)45-33-11-7-9-17-43-33)49-39(42)50-36(22(3)4)28-20-32(41)48-38-24(6)30(16-14-26(28)38)46-34-12-8-10-18-44-34/h13-16,19-22,33-36H,7-12,17-18H2,1-6H3. The van der Waals surface area contributed by atoms with Crippen molar-refractivity contribution in [1.29, 1.82) is 0 Å². The Morgan fingerprint density at radius 2 is 1.08 bits per heavy atom. The highest BCUT2D eigenvalue weighted by Gasteiger charge is 2.31.